The van der Waals surface area contributed by atoms with E-state index in [0.717, 1.165) is 30.4 Å². The minimum absolute atomic E-state index is 0.165. The molecule has 5 heteroatoms. The third-order valence-corrected chi connectivity index (χ3v) is 3.58. The smallest absolute Gasteiger partial charge is 0.337 e. The molecule has 1 aliphatic carbocycles. The van der Waals surface area contributed by atoms with Gasteiger partial charge in [-0.3, -0.25) is 0 Å². The average molecular weight is 263 g/mol. The second-order valence-electron chi connectivity index (χ2n) is 5.20. The lowest BCUT2D eigenvalue weighted by Gasteiger charge is -2.17. The highest BCUT2D eigenvalue weighted by Gasteiger charge is 2.25. The van der Waals surface area contributed by atoms with Gasteiger partial charge in [-0.05, 0) is 44.5 Å². The van der Waals surface area contributed by atoms with Crippen LogP contribution in [0.5, 0.6) is 0 Å². The van der Waals surface area contributed by atoms with E-state index in [2.05, 4.69) is 17.3 Å². The number of likely N-dealkylation sites (N-methyl/N-ethyl adjacent to an activating group) is 1. The lowest BCUT2D eigenvalue weighted by Crippen LogP contribution is -2.27. The summed E-state index contributed by atoms with van der Waals surface area (Å²) in [6.07, 6.45) is 2.58. The van der Waals surface area contributed by atoms with Crippen LogP contribution in [-0.4, -0.2) is 42.2 Å². The van der Waals surface area contributed by atoms with Crippen molar-refractivity contribution in [2.24, 2.45) is 0 Å². The first-order valence-electron chi connectivity index (χ1n) is 6.56. The van der Waals surface area contributed by atoms with Crippen molar-refractivity contribution < 1.29 is 9.90 Å². The van der Waals surface area contributed by atoms with E-state index in [1.807, 2.05) is 13.0 Å². The van der Waals surface area contributed by atoms with Gasteiger partial charge in [-0.2, -0.15) is 0 Å². The van der Waals surface area contributed by atoms with E-state index in [1.165, 1.54) is 12.8 Å². The van der Waals surface area contributed by atoms with Gasteiger partial charge in [0.2, 0.25) is 0 Å². The van der Waals surface area contributed by atoms with Crippen LogP contribution in [0.25, 0.3) is 0 Å². The van der Waals surface area contributed by atoms with Crippen LogP contribution in [0.1, 0.15) is 28.8 Å². The van der Waals surface area contributed by atoms with Crippen LogP contribution in [0.4, 0.5) is 11.4 Å². The first-order valence-corrected chi connectivity index (χ1v) is 6.56. The number of nitrogens with one attached hydrogen (secondary N) is 1. The molecule has 1 aromatic rings. The Morgan fingerprint density at radius 2 is 2.21 bits per heavy atom. The second-order valence-corrected chi connectivity index (χ2v) is 5.20. The van der Waals surface area contributed by atoms with Crippen molar-refractivity contribution in [3.05, 3.63) is 23.3 Å². The van der Waals surface area contributed by atoms with Crippen LogP contribution in [-0.2, 0) is 0 Å². The summed E-state index contributed by atoms with van der Waals surface area (Å²) in [6.45, 7) is 3.58. The largest absolute Gasteiger partial charge is 0.478 e. The van der Waals surface area contributed by atoms with Gasteiger partial charge in [0.1, 0.15) is 0 Å². The topological polar surface area (TPSA) is 78.6 Å². The van der Waals surface area contributed by atoms with Gasteiger partial charge < -0.3 is 21.1 Å². The van der Waals surface area contributed by atoms with Gasteiger partial charge in [-0.15, -0.1) is 0 Å². The number of nitrogens with zero attached hydrogens (tertiary/aromatic N) is 1. The lowest BCUT2D eigenvalue weighted by atomic mass is 10.1. The molecule has 0 atom stereocenters. The molecule has 4 N–H and O–H groups in total. The Kier molecular flexibility index (Phi) is 3.95. The number of nitrogen functional groups attached to an aromatic ring is 1. The second kappa shape index (κ2) is 5.48. The molecule has 0 unspecified atom stereocenters. The van der Waals surface area contributed by atoms with E-state index in [1.54, 1.807) is 6.07 Å². The van der Waals surface area contributed by atoms with Crippen molar-refractivity contribution in [3.63, 3.8) is 0 Å². The predicted molar refractivity (Wildman–Crippen MR) is 76.7 cm³/mol. The summed E-state index contributed by atoms with van der Waals surface area (Å²) in [5, 5.41) is 12.4. The number of aryl methyl sites for hydroxylation is 1. The Balaban J connectivity index is 1.97. The molecule has 0 aliphatic heterocycles. The zero-order chi connectivity index (χ0) is 14.0. The van der Waals surface area contributed by atoms with Crippen LogP contribution >= 0.6 is 0 Å². The lowest BCUT2D eigenvalue weighted by molar-refractivity contribution is 0.0698. The Morgan fingerprint density at radius 3 is 2.79 bits per heavy atom. The standard InChI is InChI=1S/C14H21N3O2/c1-9-7-10(8-12(13(9)15)14(18)19)16-5-6-17(2)11-3-4-11/h7-8,11,16H,3-6,15H2,1-2H3,(H,18,19). The number of aromatic carboxylic acids is 1. The average Bonchev–Trinajstić information content (AvgIpc) is 3.16. The zero-order valence-corrected chi connectivity index (χ0v) is 11.4. The van der Waals surface area contributed by atoms with Crippen LogP contribution in [0, 0.1) is 6.92 Å². The number of carbonyl (C=O) groups is 1. The van der Waals surface area contributed by atoms with Crippen molar-refractivity contribution in [1.82, 2.24) is 4.90 Å². The van der Waals surface area contributed by atoms with E-state index in [0.29, 0.717) is 5.69 Å². The molecule has 1 aliphatic rings. The normalized spacial score (nSPS) is 14.7. The van der Waals surface area contributed by atoms with E-state index < -0.39 is 5.97 Å². The summed E-state index contributed by atoms with van der Waals surface area (Å²) in [6, 6.07) is 4.23. The molecule has 104 valence electrons. The fourth-order valence-electron chi connectivity index (χ4n) is 2.15. The Hall–Kier alpha value is -1.75. The molecule has 0 spiro atoms. The quantitative estimate of drug-likeness (QED) is 0.682. The summed E-state index contributed by atoms with van der Waals surface area (Å²) in [5.74, 6) is -0.987. The van der Waals surface area contributed by atoms with Crippen LogP contribution in [0.2, 0.25) is 0 Å². The fourth-order valence-corrected chi connectivity index (χ4v) is 2.15. The Morgan fingerprint density at radius 1 is 1.53 bits per heavy atom. The zero-order valence-electron chi connectivity index (χ0n) is 11.4. The number of hydrogen-bond donors (Lipinski definition) is 3. The predicted octanol–water partition coefficient (Wildman–Crippen LogP) is 1.78. The van der Waals surface area contributed by atoms with Gasteiger partial charge in [0.05, 0.1) is 5.56 Å². The van der Waals surface area contributed by atoms with Gasteiger partial charge in [0.15, 0.2) is 0 Å². The number of hydrogen-bond acceptors (Lipinski definition) is 4. The van der Waals surface area contributed by atoms with E-state index >= 15 is 0 Å². The maximum atomic E-state index is 11.1. The third-order valence-electron chi connectivity index (χ3n) is 3.58. The molecule has 0 saturated heterocycles. The highest BCUT2D eigenvalue weighted by molar-refractivity contribution is 5.95. The van der Waals surface area contributed by atoms with E-state index in [9.17, 15) is 4.79 Å². The van der Waals surface area contributed by atoms with E-state index in [-0.39, 0.29) is 5.56 Å². The minimum atomic E-state index is -0.987. The molecule has 19 heavy (non-hydrogen) atoms. The summed E-state index contributed by atoms with van der Waals surface area (Å²) in [5.41, 5.74) is 7.87. The number of carboxylic acids is 1. The molecular formula is C14H21N3O2. The van der Waals surface area contributed by atoms with Gasteiger partial charge >= 0.3 is 5.97 Å². The molecule has 0 heterocycles. The highest BCUT2D eigenvalue weighted by Crippen LogP contribution is 2.25. The summed E-state index contributed by atoms with van der Waals surface area (Å²) >= 11 is 0. The molecule has 0 aromatic heterocycles. The summed E-state index contributed by atoms with van der Waals surface area (Å²) < 4.78 is 0. The summed E-state index contributed by atoms with van der Waals surface area (Å²) in [4.78, 5) is 13.4. The Bertz CT molecular complexity index is 484. The number of nitrogens with two attached hydrogens (primary N) is 1. The molecule has 0 radical (unpaired) electrons. The molecule has 5 nitrogen and oxygen atoms in total. The Labute approximate surface area is 113 Å². The molecule has 1 saturated carbocycles. The van der Waals surface area contributed by atoms with Crippen molar-refractivity contribution in [2.75, 3.05) is 31.2 Å². The number of rotatable bonds is 6. The maximum absolute atomic E-state index is 11.1. The van der Waals surface area contributed by atoms with Gasteiger partial charge in [-0.25, -0.2) is 4.79 Å². The first kappa shape index (κ1) is 13.7. The van der Waals surface area contributed by atoms with Crippen molar-refractivity contribution in [2.45, 2.75) is 25.8 Å². The van der Waals surface area contributed by atoms with Gasteiger partial charge in [0, 0.05) is 30.5 Å². The molecule has 0 bridgehead atoms. The molecule has 1 fully saturated rings. The molecular weight excluding hydrogens is 242 g/mol. The highest BCUT2D eigenvalue weighted by atomic mass is 16.4. The van der Waals surface area contributed by atoms with Crippen molar-refractivity contribution >= 4 is 17.3 Å². The van der Waals surface area contributed by atoms with E-state index in [4.69, 9.17) is 10.8 Å². The van der Waals surface area contributed by atoms with Gasteiger partial charge in [0.25, 0.3) is 0 Å². The molecule has 0 amide bonds. The van der Waals surface area contributed by atoms with Crippen LogP contribution in [0.3, 0.4) is 0 Å². The number of anilines is 2. The van der Waals surface area contributed by atoms with Gasteiger partial charge in [-0.1, -0.05) is 0 Å². The number of benzene rings is 1. The van der Waals surface area contributed by atoms with Crippen molar-refractivity contribution in [3.8, 4) is 0 Å². The van der Waals surface area contributed by atoms with Crippen LogP contribution < -0.4 is 11.1 Å². The SMILES string of the molecule is Cc1cc(NCCN(C)C2CC2)cc(C(=O)O)c1N. The molecule has 1 aromatic carbocycles. The summed E-state index contributed by atoms with van der Waals surface area (Å²) in [7, 11) is 2.12. The first-order chi connectivity index (χ1) is 8.99. The molecule has 2 rings (SSSR count). The maximum Gasteiger partial charge on any atom is 0.337 e. The van der Waals surface area contributed by atoms with Crippen LogP contribution in [0.15, 0.2) is 12.1 Å². The van der Waals surface area contributed by atoms with Crippen molar-refractivity contribution in [1.29, 1.82) is 0 Å². The minimum Gasteiger partial charge on any atom is -0.478 e. The third kappa shape index (κ3) is 3.38. The fraction of sp³-hybridized carbons (Fsp3) is 0.500. The number of carboxylic acid groups (broad SMARTS) is 1. The monoisotopic (exact) mass is 263 g/mol.